The first-order valence-electron chi connectivity index (χ1n) is 9.48. The first-order valence-corrected chi connectivity index (χ1v) is 11.2. The minimum Gasteiger partial charge on any atom is -0.493 e. The highest BCUT2D eigenvalue weighted by Crippen LogP contribution is 2.33. The maximum atomic E-state index is 12.2. The molecule has 4 aromatic rings. The Hall–Kier alpha value is -3.23. The van der Waals surface area contributed by atoms with Crippen molar-refractivity contribution in [1.29, 1.82) is 0 Å². The van der Waals surface area contributed by atoms with Crippen molar-refractivity contribution in [3.63, 3.8) is 0 Å². The topological polar surface area (TPSA) is 70.5 Å². The van der Waals surface area contributed by atoms with Gasteiger partial charge in [0.25, 0.3) is 0 Å². The highest BCUT2D eigenvalue weighted by Gasteiger charge is 2.13. The molecule has 0 amide bonds. The summed E-state index contributed by atoms with van der Waals surface area (Å²) < 4.78 is 16.0. The second-order valence-electron chi connectivity index (χ2n) is 6.56. The van der Waals surface area contributed by atoms with E-state index in [4.69, 9.17) is 14.2 Å². The first-order chi connectivity index (χ1) is 15.2. The normalized spacial score (nSPS) is 10.6. The van der Waals surface area contributed by atoms with Crippen LogP contribution in [0.1, 0.15) is 11.4 Å². The van der Waals surface area contributed by atoms with E-state index in [-0.39, 0.29) is 19.0 Å². The zero-order valence-corrected chi connectivity index (χ0v) is 18.7. The van der Waals surface area contributed by atoms with E-state index in [0.29, 0.717) is 22.9 Å². The van der Waals surface area contributed by atoms with Gasteiger partial charge in [0.2, 0.25) is 0 Å². The second-order valence-corrected chi connectivity index (χ2v) is 8.28. The van der Waals surface area contributed by atoms with Gasteiger partial charge >= 0.3 is 5.97 Å². The number of thiazole rings is 2. The van der Waals surface area contributed by atoms with E-state index in [9.17, 15) is 4.79 Å². The van der Waals surface area contributed by atoms with Crippen LogP contribution >= 0.6 is 22.7 Å². The summed E-state index contributed by atoms with van der Waals surface area (Å²) in [6, 6.07) is 15.5. The molecule has 31 heavy (non-hydrogen) atoms. The third kappa shape index (κ3) is 5.10. The summed E-state index contributed by atoms with van der Waals surface area (Å²) in [5, 5.41) is 5.48. The quantitative estimate of drug-likeness (QED) is 0.341. The van der Waals surface area contributed by atoms with Crippen molar-refractivity contribution in [1.82, 2.24) is 9.97 Å². The molecule has 0 aliphatic rings. The summed E-state index contributed by atoms with van der Waals surface area (Å²) in [6.45, 7) is 0.123. The number of carbonyl (C=O) groups is 1. The molecule has 6 nitrogen and oxygen atoms in total. The summed E-state index contributed by atoms with van der Waals surface area (Å²) in [4.78, 5) is 21.3. The fourth-order valence-corrected chi connectivity index (χ4v) is 4.56. The highest BCUT2D eigenvalue weighted by molar-refractivity contribution is 7.13. The van der Waals surface area contributed by atoms with Gasteiger partial charge in [-0.05, 0) is 18.2 Å². The van der Waals surface area contributed by atoms with Gasteiger partial charge in [0, 0.05) is 21.9 Å². The molecule has 0 N–H and O–H groups in total. The van der Waals surface area contributed by atoms with Crippen LogP contribution in [0.2, 0.25) is 0 Å². The Kier molecular flexibility index (Phi) is 6.59. The van der Waals surface area contributed by atoms with Crippen LogP contribution in [0.15, 0.2) is 59.3 Å². The molecule has 0 aliphatic heterocycles. The molecule has 4 rings (SSSR count). The average Bonchev–Trinajstić information content (AvgIpc) is 3.48. The van der Waals surface area contributed by atoms with E-state index in [1.807, 2.05) is 59.3 Å². The zero-order valence-electron chi connectivity index (χ0n) is 17.0. The Bertz CT molecular complexity index is 1170. The molecule has 8 heteroatoms. The minimum absolute atomic E-state index is 0.123. The average molecular weight is 453 g/mol. The predicted molar refractivity (Wildman–Crippen MR) is 122 cm³/mol. The maximum Gasteiger partial charge on any atom is 0.312 e. The fraction of sp³-hybridized carbons (Fsp3) is 0.174. The molecule has 2 aromatic carbocycles. The number of carbonyl (C=O) groups excluding carboxylic acids is 1. The summed E-state index contributed by atoms with van der Waals surface area (Å²) in [7, 11) is 3.20. The molecule has 158 valence electrons. The number of hydrogen-bond acceptors (Lipinski definition) is 8. The van der Waals surface area contributed by atoms with Gasteiger partial charge in [-0.3, -0.25) is 4.79 Å². The van der Waals surface area contributed by atoms with Crippen LogP contribution in [0, 0.1) is 0 Å². The molecule has 2 aromatic heterocycles. The summed E-state index contributed by atoms with van der Waals surface area (Å²) >= 11 is 3.00. The molecule has 0 saturated heterocycles. The zero-order chi connectivity index (χ0) is 21.6. The molecule has 2 heterocycles. The number of aromatic nitrogens is 2. The molecule has 0 saturated carbocycles. The fourth-order valence-electron chi connectivity index (χ4n) is 2.93. The molecule has 0 fully saturated rings. The Morgan fingerprint density at radius 1 is 0.839 bits per heavy atom. The lowest BCUT2D eigenvalue weighted by atomic mass is 10.2. The van der Waals surface area contributed by atoms with Gasteiger partial charge in [-0.15, -0.1) is 22.7 Å². The Morgan fingerprint density at radius 3 is 2.26 bits per heavy atom. The van der Waals surface area contributed by atoms with Gasteiger partial charge in [0.05, 0.1) is 32.0 Å². The van der Waals surface area contributed by atoms with Crippen molar-refractivity contribution in [3.05, 3.63) is 70.7 Å². The first kappa shape index (κ1) is 21.0. The third-order valence-electron chi connectivity index (χ3n) is 4.46. The van der Waals surface area contributed by atoms with Crippen molar-refractivity contribution in [2.75, 3.05) is 14.2 Å². The number of benzene rings is 2. The molecule has 0 bridgehead atoms. The predicted octanol–water partition coefficient (Wildman–Crippen LogP) is 5.24. The van der Waals surface area contributed by atoms with Crippen molar-refractivity contribution in [2.45, 2.75) is 13.0 Å². The van der Waals surface area contributed by atoms with Crippen LogP contribution in [0.25, 0.3) is 21.1 Å². The van der Waals surface area contributed by atoms with Gasteiger partial charge in [0.1, 0.15) is 16.6 Å². The van der Waals surface area contributed by atoms with Gasteiger partial charge in [0.15, 0.2) is 11.5 Å². The van der Waals surface area contributed by atoms with Crippen LogP contribution in [0.3, 0.4) is 0 Å². The number of methoxy groups -OCH3 is 2. The molecule has 0 aliphatic carbocycles. The minimum atomic E-state index is -0.328. The van der Waals surface area contributed by atoms with Crippen molar-refractivity contribution >= 4 is 28.6 Å². The highest BCUT2D eigenvalue weighted by atomic mass is 32.1. The number of rotatable bonds is 8. The van der Waals surface area contributed by atoms with Crippen molar-refractivity contribution in [3.8, 4) is 32.6 Å². The molecule has 0 unspecified atom stereocenters. The van der Waals surface area contributed by atoms with E-state index in [1.54, 1.807) is 14.2 Å². The molecule has 0 spiro atoms. The van der Waals surface area contributed by atoms with Gasteiger partial charge in [-0.1, -0.05) is 30.3 Å². The van der Waals surface area contributed by atoms with E-state index in [0.717, 1.165) is 21.1 Å². The maximum absolute atomic E-state index is 12.2. The van der Waals surface area contributed by atoms with Crippen LogP contribution < -0.4 is 9.47 Å². The van der Waals surface area contributed by atoms with Gasteiger partial charge in [-0.25, -0.2) is 9.97 Å². The summed E-state index contributed by atoms with van der Waals surface area (Å²) in [5.41, 5.74) is 3.36. The monoisotopic (exact) mass is 452 g/mol. The van der Waals surface area contributed by atoms with Gasteiger partial charge in [-0.2, -0.15) is 0 Å². The SMILES string of the molecule is COc1ccc(-c2nc(COC(=O)Cc3csc(-c4ccccc4)n3)cs2)cc1OC. The molecular weight excluding hydrogens is 432 g/mol. The number of esters is 1. The lowest BCUT2D eigenvalue weighted by molar-refractivity contribution is -0.144. The number of nitrogens with zero attached hydrogens (tertiary/aromatic N) is 2. The lowest BCUT2D eigenvalue weighted by Gasteiger charge is -2.08. The molecule has 0 atom stereocenters. The second kappa shape index (κ2) is 9.72. The molecule has 0 radical (unpaired) electrons. The number of hydrogen-bond donors (Lipinski definition) is 0. The van der Waals surface area contributed by atoms with E-state index in [1.165, 1.54) is 22.7 Å². The lowest BCUT2D eigenvalue weighted by Crippen LogP contribution is -2.08. The molecular formula is C23H20N2O4S2. The summed E-state index contributed by atoms with van der Waals surface area (Å²) in [5.74, 6) is 0.973. The largest absolute Gasteiger partial charge is 0.493 e. The Balaban J connectivity index is 1.35. The summed E-state index contributed by atoms with van der Waals surface area (Å²) in [6.07, 6.45) is 0.135. The standard InChI is InChI=1S/C23H20N2O4S2/c1-27-19-9-8-16(10-20(19)28-2)23-25-18(14-31-23)12-29-21(26)11-17-13-30-22(24-17)15-6-4-3-5-7-15/h3-10,13-14H,11-12H2,1-2H3. The Morgan fingerprint density at radius 2 is 1.52 bits per heavy atom. The van der Waals surface area contributed by atoms with Crippen LogP contribution in [0.5, 0.6) is 11.5 Å². The van der Waals surface area contributed by atoms with Crippen molar-refractivity contribution < 1.29 is 19.0 Å². The van der Waals surface area contributed by atoms with E-state index < -0.39 is 0 Å². The van der Waals surface area contributed by atoms with E-state index >= 15 is 0 Å². The smallest absolute Gasteiger partial charge is 0.312 e. The third-order valence-corrected chi connectivity index (χ3v) is 6.34. The van der Waals surface area contributed by atoms with E-state index in [2.05, 4.69) is 9.97 Å². The number of ether oxygens (including phenoxy) is 3. The van der Waals surface area contributed by atoms with Crippen molar-refractivity contribution in [2.24, 2.45) is 0 Å². The van der Waals surface area contributed by atoms with Crippen LogP contribution in [-0.2, 0) is 22.6 Å². The van der Waals surface area contributed by atoms with Gasteiger partial charge < -0.3 is 14.2 Å². The van der Waals surface area contributed by atoms with Crippen LogP contribution in [0.4, 0.5) is 0 Å². The van der Waals surface area contributed by atoms with Crippen LogP contribution in [-0.4, -0.2) is 30.2 Å². The Labute approximate surface area is 188 Å².